The van der Waals surface area contributed by atoms with Crippen LogP contribution in [-0.4, -0.2) is 22.4 Å². The highest BCUT2D eigenvalue weighted by molar-refractivity contribution is 5.04. The first-order chi connectivity index (χ1) is 8.78. The van der Waals surface area contributed by atoms with Crippen LogP contribution in [0.3, 0.4) is 0 Å². The third-order valence-corrected chi connectivity index (χ3v) is 4.07. The molecule has 0 spiro atoms. The van der Waals surface area contributed by atoms with Crippen LogP contribution in [0.2, 0.25) is 0 Å². The number of nitrogens with one attached hydrogen (secondary N) is 1. The van der Waals surface area contributed by atoms with Gasteiger partial charge in [-0.15, -0.1) is 0 Å². The van der Waals surface area contributed by atoms with E-state index in [2.05, 4.69) is 43.0 Å². The zero-order valence-corrected chi connectivity index (χ0v) is 12.0. The third kappa shape index (κ3) is 3.35. The molecule has 3 nitrogen and oxygen atoms in total. The molecule has 1 aromatic rings. The third-order valence-electron chi connectivity index (χ3n) is 4.07. The highest BCUT2D eigenvalue weighted by Gasteiger charge is 2.31. The molecule has 0 amide bonds. The van der Waals surface area contributed by atoms with Gasteiger partial charge in [0.25, 0.3) is 0 Å². The molecule has 2 rings (SSSR count). The molecule has 1 atom stereocenters. The monoisotopic (exact) mass is 249 g/mol. The van der Waals surface area contributed by atoms with Crippen LogP contribution in [-0.2, 0) is 6.42 Å². The van der Waals surface area contributed by atoms with Gasteiger partial charge in [0.15, 0.2) is 0 Å². The molecule has 0 aliphatic heterocycles. The lowest BCUT2D eigenvalue weighted by Crippen LogP contribution is -2.33. The largest absolute Gasteiger partial charge is 0.314 e. The van der Waals surface area contributed by atoms with Crippen LogP contribution in [0.5, 0.6) is 0 Å². The summed E-state index contributed by atoms with van der Waals surface area (Å²) in [6.07, 6.45) is 8.36. The molecular formula is C15H27N3. The van der Waals surface area contributed by atoms with Crippen molar-refractivity contribution in [1.82, 2.24) is 15.1 Å². The fourth-order valence-electron chi connectivity index (χ4n) is 2.74. The average Bonchev–Trinajstić information content (AvgIpc) is 3.12. The van der Waals surface area contributed by atoms with E-state index in [-0.39, 0.29) is 0 Å². The smallest absolute Gasteiger partial charge is 0.0640 e. The van der Waals surface area contributed by atoms with Gasteiger partial charge >= 0.3 is 0 Å². The maximum atomic E-state index is 4.76. The number of hydrogen-bond donors (Lipinski definition) is 1. The van der Waals surface area contributed by atoms with Gasteiger partial charge in [0.1, 0.15) is 0 Å². The molecule has 0 saturated heterocycles. The number of rotatable bonds is 8. The summed E-state index contributed by atoms with van der Waals surface area (Å²) in [6.45, 7) is 7.73. The van der Waals surface area contributed by atoms with E-state index in [9.17, 15) is 0 Å². The van der Waals surface area contributed by atoms with Gasteiger partial charge in [-0.2, -0.15) is 5.10 Å². The molecule has 1 heterocycles. The maximum Gasteiger partial charge on any atom is 0.0640 e. The lowest BCUT2D eigenvalue weighted by atomic mass is 10.1. The lowest BCUT2D eigenvalue weighted by molar-refractivity contribution is 0.418. The minimum absolute atomic E-state index is 0.567. The Kier molecular flexibility index (Phi) is 4.81. The highest BCUT2D eigenvalue weighted by Crippen LogP contribution is 2.34. The Labute approximate surface area is 111 Å². The van der Waals surface area contributed by atoms with Gasteiger partial charge in [0.05, 0.1) is 11.7 Å². The fourth-order valence-corrected chi connectivity index (χ4v) is 2.74. The van der Waals surface area contributed by atoms with Gasteiger partial charge in [-0.3, -0.25) is 4.68 Å². The predicted molar refractivity (Wildman–Crippen MR) is 75.7 cm³/mol. The SMILES string of the molecule is CCNC(Cc1ccn(C(CC)CC)n1)C1CC1. The van der Waals surface area contributed by atoms with E-state index >= 15 is 0 Å². The summed E-state index contributed by atoms with van der Waals surface area (Å²) < 4.78 is 2.16. The van der Waals surface area contributed by atoms with Crippen LogP contribution in [0.15, 0.2) is 12.3 Å². The Bertz CT molecular complexity index is 350. The van der Waals surface area contributed by atoms with E-state index in [1.165, 1.54) is 18.5 Å². The standard InChI is InChI=1S/C15H27N3/c1-4-14(5-2)18-10-9-13(17-18)11-15(16-6-3)12-7-8-12/h9-10,12,14-16H,4-8,11H2,1-3H3. The van der Waals surface area contributed by atoms with E-state index in [0.29, 0.717) is 12.1 Å². The minimum atomic E-state index is 0.567. The topological polar surface area (TPSA) is 29.9 Å². The highest BCUT2D eigenvalue weighted by atomic mass is 15.3. The summed E-state index contributed by atoms with van der Waals surface area (Å²) in [4.78, 5) is 0. The number of likely N-dealkylation sites (N-methyl/N-ethyl adjacent to an activating group) is 1. The van der Waals surface area contributed by atoms with Crippen molar-refractivity contribution in [1.29, 1.82) is 0 Å². The summed E-state index contributed by atoms with van der Waals surface area (Å²) >= 11 is 0. The van der Waals surface area contributed by atoms with Crippen molar-refractivity contribution in [2.75, 3.05) is 6.54 Å². The minimum Gasteiger partial charge on any atom is -0.314 e. The Morgan fingerprint density at radius 3 is 2.61 bits per heavy atom. The molecule has 1 aromatic heterocycles. The van der Waals surface area contributed by atoms with E-state index in [1.54, 1.807) is 0 Å². The Morgan fingerprint density at radius 1 is 1.33 bits per heavy atom. The van der Waals surface area contributed by atoms with Crippen LogP contribution in [0.4, 0.5) is 0 Å². The molecule has 3 heteroatoms. The van der Waals surface area contributed by atoms with E-state index < -0.39 is 0 Å². The number of hydrogen-bond acceptors (Lipinski definition) is 2. The molecule has 1 N–H and O–H groups in total. The van der Waals surface area contributed by atoms with Crippen molar-refractivity contribution in [2.45, 2.75) is 65.0 Å². The zero-order chi connectivity index (χ0) is 13.0. The van der Waals surface area contributed by atoms with Gasteiger partial charge in [-0.05, 0) is 44.2 Å². The molecule has 1 saturated carbocycles. The van der Waals surface area contributed by atoms with Crippen molar-refractivity contribution in [3.05, 3.63) is 18.0 Å². The lowest BCUT2D eigenvalue weighted by Gasteiger charge is -2.16. The predicted octanol–water partition coefficient (Wildman–Crippen LogP) is 3.17. The maximum absolute atomic E-state index is 4.76. The van der Waals surface area contributed by atoms with Crippen LogP contribution in [0, 0.1) is 5.92 Å². The molecule has 1 aliphatic rings. The van der Waals surface area contributed by atoms with Crippen molar-refractivity contribution in [3.63, 3.8) is 0 Å². The van der Waals surface area contributed by atoms with Gasteiger partial charge in [0, 0.05) is 18.7 Å². The second kappa shape index (κ2) is 6.37. The summed E-state index contributed by atoms with van der Waals surface area (Å²) in [7, 11) is 0. The first-order valence-corrected chi connectivity index (χ1v) is 7.55. The Balaban J connectivity index is 1.96. The molecule has 1 aliphatic carbocycles. The van der Waals surface area contributed by atoms with Crippen LogP contribution >= 0.6 is 0 Å². The first-order valence-electron chi connectivity index (χ1n) is 7.55. The van der Waals surface area contributed by atoms with E-state index in [4.69, 9.17) is 5.10 Å². The Morgan fingerprint density at radius 2 is 2.06 bits per heavy atom. The molecule has 0 aromatic carbocycles. The zero-order valence-electron chi connectivity index (χ0n) is 12.0. The van der Waals surface area contributed by atoms with Crippen molar-refractivity contribution in [3.8, 4) is 0 Å². The molecule has 0 radical (unpaired) electrons. The van der Waals surface area contributed by atoms with Crippen molar-refractivity contribution < 1.29 is 0 Å². The normalized spacial score (nSPS) is 17.3. The first kappa shape index (κ1) is 13.6. The fraction of sp³-hybridized carbons (Fsp3) is 0.800. The summed E-state index contributed by atoms with van der Waals surface area (Å²) in [5.74, 6) is 0.892. The van der Waals surface area contributed by atoms with Crippen molar-refractivity contribution in [2.24, 2.45) is 5.92 Å². The van der Waals surface area contributed by atoms with Gasteiger partial charge < -0.3 is 5.32 Å². The van der Waals surface area contributed by atoms with Crippen LogP contribution in [0.1, 0.15) is 58.2 Å². The molecule has 1 unspecified atom stereocenters. The number of aromatic nitrogens is 2. The summed E-state index contributed by atoms with van der Waals surface area (Å²) in [5.41, 5.74) is 1.25. The van der Waals surface area contributed by atoms with Gasteiger partial charge in [-0.25, -0.2) is 0 Å². The van der Waals surface area contributed by atoms with Crippen LogP contribution in [0.25, 0.3) is 0 Å². The second-order valence-corrected chi connectivity index (χ2v) is 5.46. The van der Waals surface area contributed by atoms with E-state index in [0.717, 1.165) is 31.7 Å². The number of nitrogens with zero attached hydrogens (tertiary/aromatic N) is 2. The summed E-state index contributed by atoms with van der Waals surface area (Å²) in [6, 6.07) is 3.41. The molecule has 1 fully saturated rings. The molecular weight excluding hydrogens is 222 g/mol. The van der Waals surface area contributed by atoms with Gasteiger partial charge in [-0.1, -0.05) is 20.8 Å². The second-order valence-electron chi connectivity index (χ2n) is 5.46. The molecule has 0 bridgehead atoms. The van der Waals surface area contributed by atoms with Gasteiger partial charge in [0.2, 0.25) is 0 Å². The average molecular weight is 249 g/mol. The quantitative estimate of drug-likeness (QED) is 0.767. The van der Waals surface area contributed by atoms with E-state index in [1.807, 2.05) is 0 Å². The summed E-state index contributed by atoms with van der Waals surface area (Å²) in [5, 5.41) is 8.37. The Hall–Kier alpha value is -0.830. The molecule has 102 valence electrons. The van der Waals surface area contributed by atoms with Crippen LogP contribution < -0.4 is 5.32 Å². The molecule has 18 heavy (non-hydrogen) atoms. The van der Waals surface area contributed by atoms with Crippen molar-refractivity contribution >= 4 is 0 Å².